The smallest absolute Gasteiger partial charge is 0.226 e. The van der Waals surface area contributed by atoms with Crippen molar-refractivity contribution in [1.29, 1.82) is 0 Å². The Morgan fingerprint density at radius 3 is 2.55 bits per heavy atom. The first-order chi connectivity index (χ1) is 10.6. The van der Waals surface area contributed by atoms with Crippen LogP contribution in [-0.2, 0) is 4.79 Å². The fourth-order valence-electron chi connectivity index (χ4n) is 4.02. The second-order valence-corrected chi connectivity index (χ2v) is 7.02. The molecule has 2 aliphatic rings. The zero-order valence-electron chi connectivity index (χ0n) is 14.0. The highest BCUT2D eigenvalue weighted by Gasteiger charge is 2.37. The van der Waals surface area contributed by atoms with Gasteiger partial charge >= 0.3 is 0 Å². The van der Waals surface area contributed by atoms with Crippen LogP contribution >= 0.6 is 0 Å². The van der Waals surface area contributed by atoms with E-state index in [0.29, 0.717) is 0 Å². The molecule has 2 N–H and O–H groups in total. The maximum atomic E-state index is 12.4. The molecule has 0 bridgehead atoms. The molecule has 1 amide bonds. The van der Waals surface area contributed by atoms with Gasteiger partial charge in [0, 0.05) is 30.4 Å². The SMILES string of the molecule is Cc1n[nH]c(C)c1C(C)NC(=O)C1CN(C2CCCCC2)C1. The Bertz CT molecular complexity index is 507. The standard InChI is InChI=1S/C17H28N4O/c1-11(16-12(2)19-20-13(16)3)18-17(22)14-9-21(10-14)15-7-5-4-6-8-15/h11,14-15H,4-10H2,1-3H3,(H,18,22)(H,19,20). The van der Waals surface area contributed by atoms with Crippen molar-refractivity contribution in [2.24, 2.45) is 5.92 Å². The number of hydrogen-bond donors (Lipinski definition) is 2. The van der Waals surface area contributed by atoms with E-state index >= 15 is 0 Å². The monoisotopic (exact) mass is 304 g/mol. The molecule has 1 aromatic rings. The van der Waals surface area contributed by atoms with Crippen LogP contribution in [0.1, 0.15) is 62.0 Å². The third-order valence-electron chi connectivity index (χ3n) is 5.35. The molecule has 0 radical (unpaired) electrons. The molecule has 22 heavy (non-hydrogen) atoms. The summed E-state index contributed by atoms with van der Waals surface area (Å²) in [5.41, 5.74) is 3.14. The molecule has 2 fully saturated rings. The number of aromatic nitrogens is 2. The van der Waals surface area contributed by atoms with E-state index in [1.165, 1.54) is 32.1 Å². The van der Waals surface area contributed by atoms with Crippen molar-refractivity contribution in [3.05, 3.63) is 17.0 Å². The minimum Gasteiger partial charge on any atom is -0.349 e. The Kier molecular flexibility index (Phi) is 4.52. The summed E-state index contributed by atoms with van der Waals surface area (Å²) in [6, 6.07) is 0.753. The number of carbonyl (C=O) groups is 1. The Hall–Kier alpha value is -1.36. The predicted molar refractivity (Wildman–Crippen MR) is 86.6 cm³/mol. The zero-order valence-corrected chi connectivity index (χ0v) is 14.0. The van der Waals surface area contributed by atoms with Crippen LogP contribution in [0.5, 0.6) is 0 Å². The third kappa shape index (κ3) is 3.05. The molecular formula is C17H28N4O. The first-order valence-corrected chi connectivity index (χ1v) is 8.62. The molecule has 2 heterocycles. The van der Waals surface area contributed by atoms with Crippen LogP contribution < -0.4 is 5.32 Å². The number of H-pyrrole nitrogens is 1. The summed E-state index contributed by atoms with van der Waals surface area (Å²) in [5.74, 6) is 0.358. The Labute approximate surface area is 132 Å². The van der Waals surface area contributed by atoms with Crippen LogP contribution in [0.25, 0.3) is 0 Å². The summed E-state index contributed by atoms with van der Waals surface area (Å²) in [5, 5.41) is 10.4. The predicted octanol–water partition coefficient (Wildman–Crippen LogP) is 2.47. The van der Waals surface area contributed by atoms with Crippen LogP contribution in [-0.4, -0.2) is 40.1 Å². The topological polar surface area (TPSA) is 61.0 Å². The van der Waals surface area contributed by atoms with E-state index < -0.39 is 0 Å². The number of likely N-dealkylation sites (tertiary alicyclic amines) is 1. The van der Waals surface area contributed by atoms with Gasteiger partial charge in [0.05, 0.1) is 17.7 Å². The van der Waals surface area contributed by atoms with Crippen LogP contribution in [0.15, 0.2) is 0 Å². The minimum atomic E-state index is 0.0231. The van der Waals surface area contributed by atoms with Gasteiger partial charge in [-0.25, -0.2) is 0 Å². The van der Waals surface area contributed by atoms with Crippen molar-refractivity contribution < 1.29 is 4.79 Å². The van der Waals surface area contributed by atoms with Crippen molar-refractivity contribution in [2.75, 3.05) is 13.1 Å². The number of aromatic amines is 1. The Balaban J connectivity index is 1.49. The van der Waals surface area contributed by atoms with Gasteiger partial charge in [-0.05, 0) is 33.6 Å². The lowest BCUT2D eigenvalue weighted by atomic mass is 9.88. The van der Waals surface area contributed by atoms with Crippen molar-refractivity contribution >= 4 is 5.91 Å². The number of nitrogens with one attached hydrogen (secondary N) is 2. The fraction of sp³-hybridized carbons (Fsp3) is 0.765. The highest BCUT2D eigenvalue weighted by atomic mass is 16.2. The van der Waals surface area contributed by atoms with Crippen LogP contribution in [0.3, 0.4) is 0 Å². The van der Waals surface area contributed by atoms with Gasteiger partial charge in [-0.3, -0.25) is 14.8 Å². The van der Waals surface area contributed by atoms with E-state index in [1.54, 1.807) is 0 Å². The number of aryl methyl sites for hydroxylation is 2. The van der Waals surface area contributed by atoms with Crippen molar-refractivity contribution in [3.63, 3.8) is 0 Å². The van der Waals surface area contributed by atoms with E-state index in [9.17, 15) is 4.79 Å². The second kappa shape index (κ2) is 6.41. The number of nitrogens with zero attached hydrogens (tertiary/aromatic N) is 2. The van der Waals surface area contributed by atoms with Gasteiger partial charge in [0.15, 0.2) is 0 Å². The highest BCUT2D eigenvalue weighted by Crippen LogP contribution is 2.29. The summed E-state index contributed by atoms with van der Waals surface area (Å²) < 4.78 is 0. The van der Waals surface area contributed by atoms with Gasteiger partial charge < -0.3 is 5.32 Å². The molecule has 1 saturated carbocycles. The summed E-state index contributed by atoms with van der Waals surface area (Å²) in [6.45, 7) is 7.90. The number of carbonyl (C=O) groups excluding carboxylic acids is 1. The average molecular weight is 304 g/mol. The Morgan fingerprint density at radius 2 is 1.95 bits per heavy atom. The quantitative estimate of drug-likeness (QED) is 0.898. The van der Waals surface area contributed by atoms with Gasteiger partial charge in [-0.15, -0.1) is 0 Å². The van der Waals surface area contributed by atoms with Crippen LogP contribution in [0, 0.1) is 19.8 Å². The summed E-state index contributed by atoms with van der Waals surface area (Å²) in [7, 11) is 0. The number of amides is 1. The maximum Gasteiger partial charge on any atom is 0.226 e. The van der Waals surface area contributed by atoms with E-state index in [1.807, 2.05) is 20.8 Å². The van der Waals surface area contributed by atoms with E-state index in [4.69, 9.17) is 0 Å². The molecular weight excluding hydrogens is 276 g/mol. The molecule has 5 heteroatoms. The maximum absolute atomic E-state index is 12.4. The lowest BCUT2D eigenvalue weighted by Gasteiger charge is -2.45. The largest absolute Gasteiger partial charge is 0.349 e. The van der Waals surface area contributed by atoms with Crippen LogP contribution in [0.4, 0.5) is 0 Å². The summed E-state index contributed by atoms with van der Waals surface area (Å²) >= 11 is 0. The molecule has 1 saturated heterocycles. The van der Waals surface area contributed by atoms with E-state index in [-0.39, 0.29) is 17.9 Å². The molecule has 3 rings (SSSR count). The lowest BCUT2D eigenvalue weighted by molar-refractivity contribution is -0.132. The molecule has 1 aromatic heterocycles. The molecule has 1 atom stereocenters. The van der Waals surface area contributed by atoms with Gasteiger partial charge in [0.1, 0.15) is 0 Å². The van der Waals surface area contributed by atoms with Crippen molar-refractivity contribution in [1.82, 2.24) is 20.4 Å². The van der Waals surface area contributed by atoms with E-state index in [0.717, 1.165) is 36.1 Å². The van der Waals surface area contributed by atoms with Gasteiger partial charge in [-0.2, -0.15) is 5.10 Å². The molecule has 1 aliphatic heterocycles. The molecule has 1 unspecified atom stereocenters. The number of hydrogen-bond acceptors (Lipinski definition) is 3. The van der Waals surface area contributed by atoms with Gasteiger partial charge in [0.2, 0.25) is 5.91 Å². The zero-order chi connectivity index (χ0) is 15.7. The number of rotatable bonds is 4. The van der Waals surface area contributed by atoms with Gasteiger partial charge in [-0.1, -0.05) is 19.3 Å². The van der Waals surface area contributed by atoms with Crippen molar-refractivity contribution in [2.45, 2.75) is 65.0 Å². The highest BCUT2D eigenvalue weighted by molar-refractivity contribution is 5.80. The first kappa shape index (κ1) is 15.5. The summed E-state index contributed by atoms with van der Waals surface area (Å²) in [4.78, 5) is 14.9. The molecule has 122 valence electrons. The minimum absolute atomic E-state index is 0.0231. The normalized spacial score (nSPS) is 22.3. The van der Waals surface area contributed by atoms with E-state index in [2.05, 4.69) is 20.4 Å². The Morgan fingerprint density at radius 1 is 1.27 bits per heavy atom. The third-order valence-corrected chi connectivity index (χ3v) is 5.35. The van der Waals surface area contributed by atoms with Gasteiger partial charge in [0.25, 0.3) is 0 Å². The second-order valence-electron chi connectivity index (χ2n) is 7.02. The average Bonchev–Trinajstić information content (AvgIpc) is 2.77. The fourth-order valence-corrected chi connectivity index (χ4v) is 4.02. The first-order valence-electron chi connectivity index (χ1n) is 8.62. The van der Waals surface area contributed by atoms with Crippen LogP contribution in [0.2, 0.25) is 0 Å². The molecule has 0 spiro atoms. The lowest BCUT2D eigenvalue weighted by Crippen LogP contribution is -2.57. The summed E-state index contributed by atoms with van der Waals surface area (Å²) in [6.07, 6.45) is 6.73. The molecule has 1 aliphatic carbocycles. The van der Waals surface area contributed by atoms with Crippen molar-refractivity contribution in [3.8, 4) is 0 Å². The molecule has 5 nitrogen and oxygen atoms in total. The molecule has 0 aromatic carbocycles.